The van der Waals surface area contributed by atoms with Crippen molar-refractivity contribution >= 4 is 27.4 Å². The molecule has 0 aliphatic carbocycles. The van der Waals surface area contributed by atoms with E-state index in [0.717, 1.165) is 19.4 Å². The summed E-state index contributed by atoms with van der Waals surface area (Å²) in [5.74, 6) is -0.331. The monoisotopic (exact) mass is 240 g/mol. The summed E-state index contributed by atoms with van der Waals surface area (Å²) in [7, 11) is -3.89. The van der Waals surface area contributed by atoms with Crippen molar-refractivity contribution in [2.45, 2.75) is 19.8 Å². The fourth-order valence-electron chi connectivity index (χ4n) is 0.735. The third kappa shape index (κ3) is 9.69. The number of unbranched alkanes of at least 4 members (excludes halogenated alkanes) is 1. The van der Waals surface area contributed by atoms with Gasteiger partial charge in [0.05, 0.1) is 5.75 Å². The molecule has 0 radical (unpaired) electrons. The van der Waals surface area contributed by atoms with Crippen LogP contribution in [0.25, 0.3) is 0 Å². The summed E-state index contributed by atoms with van der Waals surface area (Å²) in [6.07, 6.45) is 2.08. The minimum Gasteiger partial charge on any atom is -0.363 e. The van der Waals surface area contributed by atoms with E-state index in [9.17, 15) is 8.42 Å². The number of thiocarbonyl (C=S) groups is 1. The Morgan fingerprint density at radius 1 is 1.36 bits per heavy atom. The standard InChI is InChI=1S/C7H16N2O3S2/c1-2-3-4-8-7(13)9-5-6-14(10,11)12/h2-6H2,1H3,(H2,8,9,13)(H,10,11,12). The summed E-state index contributed by atoms with van der Waals surface area (Å²) < 4.78 is 29.1. The SMILES string of the molecule is CCCCNC(=S)NCCS(=O)(=O)O. The van der Waals surface area contributed by atoms with Crippen molar-refractivity contribution in [3.63, 3.8) is 0 Å². The van der Waals surface area contributed by atoms with Crippen molar-refractivity contribution in [1.82, 2.24) is 10.6 Å². The first-order valence-electron chi connectivity index (χ1n) is 4.42. The van der Waals surface area contributed by atoms with E-state index in [0.29, 0.717) is 5.11 Å². The molecule has 0 rings (SSSR count). The molecule has 0 heterocycles. The number of rotatable bonds is 6. The van der Waals surface area contributed by atoms with Crippen molar-refractivity contribution in [1.29, 1.82) is 0 Å². The first-order valence-corrected chi connectivity index (χ1v) is 6.44. The van der Waals surface area contributed by atoms with E-state index < -0.39 is 10.1 Å². The zero-order chi connectivity index (χ0) is 11.0. The van der Waals surface area contributed by atoms with Gasteiger partial charge in [-0.05, 0) is 18.6 Å². The van der Waals surface area contributed by atoms with E-state index in [4.69, 9.17) is 16.8 Å². The van der Waals surface area contributed by atoms with Crippen molar-refractivity contribution < 1.29 is 13.0 Å². The van der Waals surface area contributed by atoms with Crippen LogP contribution in [0.1, 0.15) is 19.8 Å². The summed E-state index contributed by atoms with van der Waals surface area (Å²) in [6, 6.07) is 0. The van der Waals surface area contributed by atoms with E-state index in [2.05, 4.69) is 17.6 Å². The maximum Gasteiger partial charge on any atom is 0.266 e. The molecular formula is C7H16N2O3S2. The molecule has 5 nitrogen and oxygen atoms in total. The van der Waals surface area contributed by atoms with Crippen molar-refractivity contribution in [3.05, 3.63) is 0 Å². The van der Waals surface area contributed by atoms with Crippen molar-refractivity contribution in [3.8, 4) is 0 Å². The van der Waals surface area contributed by atoms with Crippen LogP contribution in [-0.2, 0) is 10.1 Å². The van der Waals surface area contributed by atoms with Gasteiger partial charge in [0.1, 0.15) is 0 Å². The molecule has 0 saturated carbocycles. The maximum atomic E-state index is 10.3. The fourth-order valence-corrected chi connectivity index (χ4v) is 1.30. The average molecular weight is 240 g/mol. The lowest BCUT2D eigenvalue weighted by Gasteiger charge is -2.08. The van der Waals surface area contributed by atoms with Gasteiger partial charge in [0.2, 0.25) is 0 Å². The van der Waals surface area contributed by atoms with Crippen LogP contribution in [0, 0.1) is 0 Å². The van der Waals surface area contributed by atoms with Crippen LogP contribution in [0.4, 0.5) is 0 Å². The van der Waals surface area contributed by atoms with Crippen LogP contribution in [-0.4, -0.2) is 36.9 Å². The van der Waals surface area contributed by atoms with Gasteiger partial charge in [-0.1, -0.05) is 13.3 Å². The van der Waals surface area contributed by atoms with E-state index in [1.54, 1.807) is 0 Å². The Bertz CT molecular complexity index is 264. The second-order valence-electron chi connectivity index (χ2n) is 2.82. The normalized spacial score (nSPS) is 11.0. The lowest BCUT2D eigenvalue weighted by molar-refractivity contribution is 0.482. The molecule has 0 aromatic carbocycles. The van der Waals surface area contributed by atoms with Crippen LogP contribution in [0.15, 0.2) is 0 Å². The largest absolute Gasteiger partial charge is 0.363 e. The summed E-state index contributed by atoms with van der Waals surface area (Å²) >= 11 is 4.86. The van der Waals surface area contributed by atoms with Gasteiger partial charge in [-0.3, -0.25) is 4.55 Å². The average Bonchev–Trinajstić information content (AvgIpc) is 2.02. The lowest BCUT2D eigenvalue weighted by Crippen LogP contribution is -2.38. The van der Waals surface area contributed by atoms with Crippen molar-refractivity contribution in [2.75, 3.05) is 18.8 Å². The molecule has 0 spiro atoms. The molecule has 0 atom stereocenters. The quantitative estimate of drug-likeness (QED) is 0.348. The number of hydrogen-bond acceptors (Lipinski definition) is 3. The Morgan fingerprint density at radius 2 is 1.93 bits per heavy atom. The number of hydrogen-bond donors (Lipinski definition) is 3. The third-order valence-electron chi connectivity index (χ3n) is 1.46. The van der Waals surface area contributed by atoms with Crippen LogP contribution < -0.4 is 10.6 Å². The van der Waals surface area contributed by atoms with Crippen LogP contribution in [0.5, 0.6) is 0 Å². The van der Waals surface area contributed by atoms with E-state index >= 15 is 0 Å². The smallest absolute Gasteiger partial charge is 0.266 e. The van der Waals surface area contributed by atoms with Crippen LogP contribution in [0.3, 0.4) is 0 Å². The summed E-state index contributed by atoms with van der Waals surface area (Å²) in [5, 5.41) is 6.01. The Hall–Kier alpha value is -0.400. The minimum absolute atomic E-state index is 0.122. The topological polar surface area (TPSA) is 78.4 Å². The van der Waals surface area contributed by atoms with Gasteiger partial charge in [-0.25, -0.2) is 0 Å². The summed E-state index contributed by atoms with van der Waals surface area (Å²) in [6.45, 7) is 2.96. The first-order chi connectivity index (χ1) is 6.45. The second kappa shape index (κ2) is 6.97. The predicted octanol–water partition coefficient (Wildman–Crippen LogP) is 0.138. The predicted molar refractivity (Wildman–Crippen MR) is 59.9 cm³/mol. The first kappa shape index (κ1) is 13.6. The van der Waals surface area contributed by atoms with Crippen LogP contribution in [0.2, 0.25) is 0 Å². The zero-order valence-electron chi connectivity index (χ0n) is 8.12. The maximum absolute atomic E-state index is 10.3. The van der Waals surface area contributed by atoms with Gasteiger partial charge < -0.3 is 10.6 Å². The summed E-state index contributed by atoms with van der Waals surface area (Å²) in [5.41, 5.74) is 0. The molecule has 0 aromatic rings. The Kier molecular flexibility index (Phi) is 6.77. The van der Waals surface area contributed by atoms with E-state index in [1.165, 1.54) is 0 Å². The third-order valence-corrected chi connectivity index (χ3v) is 2.47. The molecule has 3 N–H and O–H groups in total. The molecule has 0 aliphatic rings. The van der Waals surface area contributed by atoms with Crippen molar-refractivity contribution in [2.24, 2.45) is 0 Å². The molecule has 0 bridgehead atoms. The molecule has 0 saturated heterocycles. The minimum atomic E-state index is -3.89. The highest BCUT2D eigenvalue weighted by Crippen LogP contribution is 1.83. The Balaban J connectivity index is 3.45. The molecule has 7 heteroatoms. The Morgan fingerprint density at radius 3 is 2.43 bits per heavy atom. The Labute approximate surface area is 90.0 Å². The highest BCUT2D eigenvalue weighted by atomic mass is 32.2. The summed E-state index contributed by atoms with van der Waals surface area (Å²) in [4.78, 5) is 0. The molecule has 0 aromatic heterocycles. The molecule has 0 amide bonds. The molecule has 0 unspecified atom stereocenters. The van der Waals surface area contributed by atoms with Gasteiger partial charge >= 0.3 is 0 Å². The fraction of sp³-hybridized carbons (Fsp3) is 0.857. The lowest BCUT2D eigenvalue weighted by atomic mass is 10.3. The number of nitrogens with one attached hydrogen (secondary N) is 2. The van der Waals surface area contributed by atoms with E-state index in [-0.39, 0.29) is 12.3 Å². The molecular weight excluding hydrogens is 224 g/mol. The van der Waals surface area contributed by atoms with E-state index in [1.807, 2.05) is 0 Å². The van der Waals surface area contributed by atoms with Gasteiger partial charge in [0.25, 0.3) is 10.1 Å². The van der Waals surface area contributed by atoms with Crippen LogP contribution >= 0.6 is 12.2 Å². The van der Waals surface area contributed by atoms with Gasteiger partial charge in [-0.2, -0.15) is 8.42 Å². The second-order valence-corrected chi connectivity index (χ2v) is 4.80. The highest BCUT2D eigenvalue weighted by molar-refractivity contribution is 7.85. The highest BCUT2D eigenvalue weighted by Gasteiger charge is 2.03. The molecule has 0 fully saturated rings. The van der Waals surface area contributed by atoms with Gasteiger partial charge in [0.15, 0.2) is 5.11 Å². The molecule has 0 aliphatic heterocycles. The molecule has 14 heavy (non-hydrogen) atoms. The molecule has 84 valence electrons. The van der Waals surface area contributed by atoms with Gasteiger partial charge in [0, 0.05) is 13.1 Å². The van der Waals surface area contributed by atoms with Gasteiger partial charge in [-0.15, -0.1) is 0 Å². The zero-order valence-corrected chi connectivity index (χ0v) is 9.75.